The molecule has 0 aliphatic carbocycles. The zero-order valence-corrected chi connectivity index (χ0v) is 15.7. The average Bonchev–Trinajstić information content (AvgIpc) is 2.64. The number of hydrogen-bond donors (Lipinski definition) is 1. The van der Waals surface area contributed by atoms with Crippen molar-refractivity contribution in [2.24, 2.45) is 5.92 Å². The molecule has 1 heterocycles. The van der Waals surface area contributed by atoms with Crippen LogP contribution < -0.4 is 10.1 Å². The predicted octanol–water partition coefficient (Wildman–Crippen LogP) is 2.79. The van der Waals surface area contributed by atoms with E-state index in [2.05, 4.69) is 5.32 Å². The van der Waals surface area contributed by atoms with Crippen molar-refractivity contribution < 1.29 is 14.5 Å². The Labute approximate surface area is 152 Å². The molecule has 25 heavy (non-hydrogen) atoms. The third-order valence-electron chi connectivity index (χ3n) is 4.63. The maximum Gasteiger partial charge on any atom is 0.285 e. The van der Waals surface area contributed by atoms with Gasteiger partial charge in [0.15, 0.2) is 0 Å². The summed E-state index contributed by atoms with van der Waals surface area (Å²) in [5.41, 5.74) is -0.0548. The fourth-order valence-electron chi connectivity index (χ4n) is 3.13. The van der Waals surface area contributed by atoms with E-state index in [1.807, 2.05) is 13.3 Å². The maximum absolute atomic E-state index is 12.9. The van der Waals surface area contributed by atoms with Crippen LogP contribution in [0.25, 0.3) is 0 Å². The lowest BCUT2D eigenvalue weighted by molar-refractivity contribution is -0.385. The Morgan fingerprint density at radius 2 is 2.12 bits per heavy atom. The van der Waals surface area contributed by atoms with Gasteiger partial charge < -0.3 is 15.0 Å². The molecule has 7 nitrogen and oxygen atoms in total. The van der Waals surface area contributed by atoms with E-state index in [-0.39, 0.29) is 17.2 Å². The average molecular weight is 367 g/mol. The lowest BCUT2D eigenvalue weighted by Gasteiger charge is -2.32. The zero-order valence-electron chi connectivity index (χ0n) is 14.9. The molecule has 0 spiro atoms. The molecule has 0 radical (unpaired) electrons. The van der Waals surface area contributed by atoms with E-state index in [0.717, 1.165) is 30.7 Å². The number of amides is 1. The largest absolute Gasteiger partial charge is 0.495 e. The summed E-state index contributed by atoms with van der Waals surface area (Å²) in [6, 6.07) is 2.93. The minimum Gasteiger partial charge on any atom is -0.495 e. The smallest absolute Gasteiger partial charge is 0.285 e. The van der Waals surface area contributed by atoms with Crippen LogP contribution in [0.4, 0.5) is 5.69 Å². The van der Waals surface area contributed by atoms with Crippen molar-refractivity contribution in [2.45, 2.75) is 24.2 Å². The first kappa shape index (κ1) is 19.5. The molecule has 1 amide bonds. The first-order chi connectivity index (χ1) is 12.0. The van der Waals surface area contributed by atoms with Gasteiger partial charge in [0.25, 0.3) is 11.6 Å². The molecular formula is C17H25N3O4S. The number of likely N-dealkylation sites (tertiary alicyclic amines) is 1. The third-order valence-corrected chi connectivity index (χ3v) is 5.39. The second-order valence-corrected chi connectivity index (χ2v) is 6.96. The fraction of sp³-hybridized carbons (Fsp3) is 0.588. The molecule has 1 N–H and O–H groups in total. The molecule has 1 fully saturated rings. The van der Waals surface area contributed by atoms with Gasteiger partial charge in [0.2, 0.25) is 0 Å². The van der Waals surface area contributed by atoms with E-state index in [9.17, 15) is 14.9 Å². The van der Waals surface area contributed by atoms with Crippen LogP contribution in [0.1, 0.15) is 29.6 Å². The van der Waals surface area contributed by atoms with Crippen LogP contribution in [0.2, 0.25) is 0 Å². The summed E-state index contributed by atoms with van der Waals surface area (Å²) in [6.45, 7) is 2.26. The second-order valence-electron chi connectivity index (χ2n) is 6.11. The number of ether oxygens (including phenoxy) is 1. The summed E-state index contributed by atoms with van der Waals surface area (Å²) in [5, 5.41) is 14.6. The first-order valence-electron chi connectivity index (χ1n) is 8.36. The number of nitro groups is 1. The summed E-state index contributed by atoms with van der Waals surface area (Å²) in [4.78, 5) is 26.2. The number of benzene rings is 1. The Morgan fingerprint density at radius 1 is 1.44 bits per heavy atom. The van der Waals surface area contributed by atoms with Gasteiger partial charge in [-0.3, -0.25) is 14.9 Å². The van der Waals surface area contributed by atoms with Gasteiger partial charge in [-0.25, -0.2) is 0 Å². The SMILES string of the molecule is CNCCC1CCN(C(=O)c2cc(SC)c(OC)cc2[N+](=O)[O-])CC1. The van der Waals surface area contributed by atoms with Crippen LogP contribution >= 0.6 is 11.8 Å². The van der Waals surface area contributed by atoms with E-state index in [1.165, 1.54) is 24.9 Å². The van der Waals surface area contributed by atoms with E-state index in [1.54, 1.807) is 11.0 Å². The molecule has 2 rings (SSSR count). The third kappa shape index (κ3) is 4.64. The number of nitro benzene ring substituents is 1. The van der Waals surface area contributed by atoms with Crippen LogP contribution in [-0.4, -0.2) is 55.8 Å². The van der Waals surface area contributed by atoms with Gasteiger partial charge in [-0.2, -0.15) is 0 Å². The van der Waals surface area contributed by atoms with Crippen molar-refractivity contribution in [2.75, 3.05) is 40.0 Å². The van der Waals surface area contributed by atoms with Crippen molar-refractivity contribution >= 4 is 23.4 Å². The van der Waals surface area contributed by atoms with Crippen LogP contribution in [0.3, 0.4) is 0 Å². The zero-order chi connectivity index (χ0) is 18.4. The predicted molar refractivity (Wildman–Crippen MR) is 98.6 cm³/mol. The highest BCUT2D eigenvalue weighted by Crippen LogP contribution is 2.35. The van der Waals surface area contributed by atoms with Crippen LogP contribution in [0.5, 0.6) is 5.75 Å². The van der Waals surface area contributed by atoms with Gasteiger partial charge in [-0.05, 0) is 51.1 Å². The highest BCUT2D eigenvalue weighted by atomic mass is 32.2. The number of carbonyl (C=O) groups is 1. The lowest BCUT2D eigenvalue weighted by atomic mass is 9.93. The number of methoxy groups -OCH3 is 1. The maximum atomic E-state index is 12.9. The van der Waals surface area contributed by atoms with Crippen molar-refractivity contribution in [3.63, 3.8) is 0 Å². The van der Waals surface area contributed by atoms with Crippen LogP contribution in [0.15, 0.2) is 17.0 Å². The summed E-state index contributed by atoms with van der Waals surface area (Å²) in [6.07, 6.45) is 4.82. The van der Waals surface area contributed by atoms with Crippen molar-refractivity contribution in [1.82, 2.24) is 10.2 Å². The van der Waals surface area contributed by atoms with E-state index >= 15 is 0 Å². The van der Waals surface area contributed by atoms with E-state index in [0.29, 0.717) is 24.8 Å². The number of carbonyl (C=O) groups excluding carboxylic acids is 1. The topological polar surface area (TPSA) is 84.7 Å². The van der Waals surface area contributed by atoms with Gasteiger partial charge in [0.1, 0.15) is 11.3 Å². The summed E-state index contributed by atoms with van der Waals surface area (Å²) < 4.78 is 5.20. The van der Waals surface area contributed by atoms with Crippen LogP contribution in [0, 0.1) is 16.0 Å². The number of hydrogen-bond acceptors (Lipinski definition) is 6. The summed E-state index contributed by atoms with van der Waals surface area (Å²) in [7, 11) is 3.40. The van der Waals surface area contributed by atoms with Crippen molar-refractivity contribution in [3.05, 3.63) is 27.8 Å². The lowest BCUT2D eigenvalue weighted by Crippen LogP contribution is -2.39. The second kappa shape index (κ2) is 9.05. The molecule has 138 valence electrons. The normalized spacial score (nSPS) is 15.2. The number of nitrogens with one attached hydrogen (secondary N) is 1. The summed E-state index contributed by atoms with van der Waals surface area (Å²) in [5.74, 6) is 0.752. The molecule has 1 aromatic carbocycles. The number of piperidine rings is 1. The highest BCUT2D eigenvalue weighted by molar-refractivity contribution is 7.98. The minimum atomic E-state index is -0.514. The Morgan fingerprint density at radius 3 is 2.64 bits per heavy atom. The number of thioether (sulfide) groups is 1. The van der Waals surface area contributed by atoms with Gasteiger partial charge in [0.05, 0.1) is 23.0 Å². The molecule has 0 bridgehead atoms. The van der Waals surface area contributed by atoms with Crippen molar-refractivity contribution in [3.8, 4) is 5.75 Å². The van der Waals surface area contributed by atoms with E-state index in [4.69, 9.17) is 4.74 Å². The summed E-state index contributed by atoms with van der Waals surface area (Å²) >= 11 is 1.40. The molecule has 8 heteroatoms. The standard InChI is InChI=1S/C17H25N3O4S/c1-18-7-4-12-5-8-19(9-6-12)17(21)13-10-16(25-3)15(24-2)11-14(13)20(22)23/h10-12,18H,4-9H2,1-3H3. The van der Waals surface area contributed by atoms with Gasteiger partial charge in [-0.1, -0.05) is 0 Å². The number of nitrogens with zero attached hydrogens (tertiary/aromatic N) is 2. The Balaban J connectivity index is 2.20. The van der Waals surface area contributed by atoms with Gasteiger partial charge >= 0.3 is 0 Å². The molecule has 0 unspecified atom stereocenters. The molecule has 1 aromatic rings. The minimum absolute atomic E-state index is 0.142. The quantitative estimate of drug-likeness (QED) is 0.453. The molecule has 1 saturated heterocycles. The van der Waals surface area contributed by atoms with Gasteiger partial charge in [0, 0.05) is 13.1 Å². The van der Waals surface area contributed by atoms with Crippen molar-refractivity contribution in [1.29, 1.82) is 0 Å². The Kier molecular flexibility index (Phi) is 7.07. The van der Waals surface area contributed by atoms with E-state index < -0.39 is 4.92 Å². The Bertz CT molecular complexity index is 631. The molecule has 1 aliphatic heterocycles. The number of rotatable bonds is 7. The van der Waals surface area contributed by atoms with Gasteiger partial charge in [-0.15, -0.1) is 11.8 Å². The first-order valence-corrected chi connectivity index (χ1v) is 9.58. The molecule has 0 atom stereocenters. The Hall–Kier alpha value is -1.80. The van der Waals surface area contributed by atoms with Crippen LogP contribution in [-0.2, 0) is 0 Å². The highest BCUT2D eigenvalue weighted by Gasteiger charge is 2.29. The molecule has 1 aliphatic rings. The fourth-order valence-corrected chi connectivity index (χ4v) is 3.71. The monoisotopic (exact) mass is 367 g/mol. The molecular weight excluding hydrogens is 342 g/mol. The molecule has 0 saturated carbocycles. The molecule has 0 aromatic heterocycles.